The second-order valence-electron chi connectivity index (χ2n) is 5.73. The molecule has 20 heavy (non-hydrogen) atoms. The van der Waals surface area contributed by atoms with Crippen LogP contribution in [-0.4, -0.2) is 16.6 Å². The summed E-state index contributed by atoms with van der Waals surface area (Å²) in [5, 5.41) is 15.0. The molecule has 2 aromatic rings. The Labute approximate surface area is 122 Å². The largest absolute Gasteiger partial charge is 0.463 e. The average molecular weight is 292 g/mol. The molecule has 0 aliphatic heterocycles. The number of hydrogen-bond donors (Lipinski definition) is 2. The van der Waals surface area contributed by atoms with E-state index in [1.807, 2.05) is 25.3 Å². The van der Waals surface area contributed by atoms with Crippen molar-refractivity contribution in [1.82, 2.24) is 10.3 Å². The van der Waals surface area contributed by atoms with Crippen LogP contribution in [0.25, 0.3) is 0 Å². The van der Waals surface area contributed by atoms with Gasteiger partial charge in [0.2, 0.25) is 0 Å². The summed E-state index contributed by atoms with van der Waals surface area (Å²) in [5.74, 6) is 2.13. The molecule has 0 bridgehead atoms. The zero-order chi connectivity index (χ0) is 14.2. The molecule has 1 saturated carbocycles. The Morgan fingerprint density at radius 2 is 2.30 bits per heavy atom. The van der Waals surface area contributed by atoms with E-state index in [1.54, 1.807) is 18.3 Å². The van der Waals surface area contributed by atoms with E-state index >= 15 is 0 Å². The quantitative estimate of drug-likeness (QED) is 0.859. The standard InChI is InChI=1S/C15H20N2O2S/c1-10-3-6-13(19-10)15(2,18)9-16-7-12-8-17-14(20-12)11-4-5-11/h3,6,8,11,16,18H,4-5,7,9H2,1-2H3. The van der Waals surface area contributed by atoms with Crippen LogP contribution in [0.15, 0.2) is 22.7 Å². The summed E-state index contributed by atoms with van der Waals surface area (Å²) in [6, 6.07) is 3.70. The van der Waals surface area contributed by atoms with Crippen LogP contribution in [0.3, 0.4) is 0 Å². The molecule has 3 rings (SSSR count). The summed E-state index contributed by atoms with van der Waals surface area (Å²) in [6.45, 7) is 4.83. The molecule has 1 aliphatic carbocycles. The van der Waals surface area contributed by atoms with Crippen molar-refractivity contribution in [3.63, 3.8) is 0 Å². The van der Waals surface area contributed by atoms with E-state index < -0.39 is 5.60 Å². The predicted molar refractivity (Wildman–Crippen MR) is 78.8 cm³/mol. The molecule has 0 spiro atoms. The van der Waals surface area contributed by atoms with E-state index in [-0.39, 0.29) is 0 Å². The number of aryl methyl sites for hydroxylation is 1. The lowest BCUT2D eigenvalue weighted by Crippen LogP contribution is -2.34. The third-order valence-electron chi connectivity index (χ3n) is 3.54. The fraction of sp³-hybridized carbons (Fsp3) is 0.533. The highest BCUT2D eigenvalue weighted by Crippen LogP contribution is 2.41. The molecular formula is C15H20N2O2S. The fourth-order valence-corrected chi connectivity index (χ4v) is 3.22. The number of hydrogen-bond acceptors (Lipinski definition) is 5. The van der Waals surface area contributed by atoms with Gasteiger partial charge in [-0.3, -0.25) is 0 Å². The first-order chi connectivity index (χ1) is 9.54. The Balaban J connectivity index is 1.53. The molecule has 2 N–H and O–H groups in total. The molecule has 4 nitrogen and oxygen atoms in total. The van der Waals surface area contributed by atoms with Crippen molar-refractivity contribution in [3.05, 3.63) is 39.7 Å². The van der Waals surface area contributed by atoms with Crippen molar-refractivity contribution in [1.29, 1.82) is 0 Å². The van der Waals surface area contributed by atoms with Crippen LogP contribution in [0.2, 0.25) is 0 Å². The van der Waals surface area contributed by atoms with E-state index in [0.29, 0.717) is 18.2 Å². The van der Waals surface area contributed by atoms with Gasteiger partial charge in [-0.2, -0.15) is 0 Å². The lowest BCUT2D eigenvalue weighted by Gasteiger charge is -2.21. The number of aromatic nitrogens is 1. The first-order valence-electron chi connectivity index (χ1n) is 6.99. The highest BCUT2D eigenvalue weighted by molar-refractivity contribution is 7.11. The molecular weight excluding hydrogens is 272 g/mol. The number of aliphatic hydroxyl groups is 1. The Bertz CT molecular complexity index is 584. The maximum absolute atomic E-state index is 10.4. The summed E-state index contributed by atoms with van der Waals surface area (Å²) in [5.41, 5.74) is -0.988. The molecule has 108 valence electrons. The van der Waals surface area contributed by atoms with Crippen molar-refractivity contribution in [2.45, 2.75) is 44.8 Å². The van der Waals surface area contributed by atoms with Gasteiger partial charge < -0.3 is 14.8 Å². The van der Waals surface area contributed by atoms with Crippen LogP contribution in [-0.2, 0) is 12.1 Å². The lowest BCUT2D eigenvalue weighted by molar-refractivity contribution is 0.0333. The molecule has 0 saturated heterocycles. The molecule has 2 aromatic heterocycles. The van der Waals surface area contributed by atoms with Crippen LogP contribution in [0.4, 0.5) is 0 Å². The first kappa shape index (κ1) is 13.8. The van der Waals surface area contributed by atoms with Gasteiger partial charge in [0.25, 0.3) is 0 Å². The molecule has 5 heteroatoms. The van der Waals surface area contributed by atoms with E-state index in [4.69, 9.17) is 4.42 Å². The van der Waals surface area contributed by atoms with Gasteiger partial charge in [0.15, 0.2) is 0 Å². The summed E-state index contributed by atoms with van der Waals surface area (Å²) in [4.78, 5) is 5.67. The second kappa shape index (κ2) is 5.31. The minimum Gasteiger partial charge on any atom is -0.463 e. The van der Waals surface area contributed by atoms with Crippen LogP contribution < -0.4 is 5.32 Å². The van der Waals surface area contributed by atoms with Crippen molar-refractivity contribution < 1.29 is 9.52 Å². The Morgan fingerprint density at radius 1 is 1.50 bits per heavy atom. The number of rotatable bonds is 6. The predicted octanol–water partition coefficient (Wildman–Crippen LogP) is 2.92. The summed E-state index contributed by atoms with van der Waals surface area (Å²) in [6.07, 6.45) is 4.51. The van der Waals surface area contributed by atoms with Gasteiger partial charge in [-0.25, -0.2) is 4.98 Å². The van der Waals surface area contributed by atoms with Crippen LogP contribution in [0.5, 0.6) is 0 Å². The average Bonchev–Trinajstić information content (AvgIpc) is 2.97. The van der Waals surface area contributed by atoms with Gasteiger partial charge >= 0.3 is 0 Å². The van der Waals surface area contributed by atoms with E-state index in [2.05, 4.69) is 10.3 Å². The zero-order valence-corrected chi connectivity index (χ0v) is 12.7. The molecule has 2 heterocycles. The van der Waals surface area contributed by atoms with Gasteiger partial charge in [0.05, 0.1) is 5.01 Å². The maximum atomic E-state index is 10.4. The summed E-state index contributed by atoms with van der Waals surface area (Å²) in [7, 11) is 0. The monoisotopic (exact) mass is 292 g/mol. The second-order valence-corrected chi connectivity index (χ2v) is 6.87. The Morgan fingerprint density at radius 3 is 2.95 bits per heavy atom. The molecule has 1 aliphatic rings. The minimum atomic E-state index is -0.988. The van der Waals surface area contributed by atoms with E-state index in [0.717, 1.165) is 12.3 Å². The Kier molecular flexibility index (Phi) is 3.67. The number of nitrogens with zero attached hydrogens (tertiary/aromatic N) is 1. The van der Waals surface area contributed by atoms with Gasteiger partial charge in [0.1, 0.15) is 17.1 Å². The van der Waals surface area contributed by atoms with E-state index in [1.165, 1.54) is 22.7 Å². The van der Waals surface area contributed by atoms with Crippen LogP contribution >= 0.6 is 11.3 Å². The van der Waals surface area contributed by atoms with Crippen molar-refractivity contribution >= 4 is 11.3 Å². The first-order valence-corrected chi connectivity index (χ1v) is 7.81. The van der Waals surface area contributed by atoms with Gasteiger partial charge in [0, 0.05) is 30.1 Å². The molecule has 0 amide bonds. The smallest absolute Gasteiger partial charge is 0.136 e. The number of nitrogens with one attached hydrogen (secondary N) is 1. The summed E-state index contributed by atoms with van der Waals surface area (Å²) < 4.78 is 5.50. The molecule has 1 fully saturated rings. The van der Waals surface area contributed by atoms with Crippen LogP contribution in [0, 0.1) is 6.92 Å². The highest BCUT2D eigenvalue weighted by atomic mass is 32.1. The molecule has 1 unspecified atom stereocenters. The van der Waals surface area contributed by atoms with Crippen molar-refractivity contribution in [2.75, 3.05) is 6.54 Å². The zero-order valence-electron chi connectivity index (χ0n) is 11.8. The SMILES string of the molecule is Cc1ccc(C(C)(O)CNCc2cnc(C3CC3)s2)o1. The van der Waals surface area contributed by atoms with E-state index in [9.17, 15) is 5.11 Å². The molecule has 0 aromatic carbocycles. The van der Waals surface area contributed by atoms with Gasteiger partial charge in [-0.15, -0.1) is 11.3 Å². The molecule has 0 radical (unpaired) electrons. The van der Waals surface area contributed by atoms with Crippen molar-refractivity contribution in [3.8, 4) is 0 Å². The minimum absolute atomic E-state index is 0.455. The van der Waals surface area contributed by atoms with Crippen LogP contribution in [0.1, 0.15) is 47.1 Å². The van der Waals surface area contributed by atoms with Gasteiger partial charge in [-0.1, -0.05) is 0 Å². The fourth-order valence-electron chi connectivity index (χ4n) is 2.16. The Hall–Kier alpha value is -1.17. The number of furan rings is 1. The third-order valence-corrected chi connectivity index (χ3v) is 4.70. The highest BCUT2D eigenvalue weighted by Gasteiger charge is 2.28. The maximum Gasteiger partial charge on any atom is 0.136 e. The summed E-state index contributed by atoms with van der Waals surface area (Å²) >= 11 is 1.78. The topological polar surface area (TPSA) is 58.3 Å². The third kappa shape index (κ3) is 3.11. The lowest BCUT2D eigenvalue weighted by atomic mass is 10.0. The normalized spacial score (nSPS) is 18.1. The van der Waals surface area contributed by atoms with Crippen molar-refractivity contribution in [2.24, 2.45) is 0 Å². The molecule has 1 atom stereocenters. The number of thiazole rings is 1. The van der Waals surface area contributed by atoms with Gasteiger partial charge in [-0.05, 0) is 38.8 Å².